The molecular weight excluding hydrogens is 342 g/mol. The molecule has 3 N–H and O–H groups in total. The number of aryl methyl sites for hydroxylation is 2. The van der Waals surface area contributed by atoms with Gasteiger partial charge in [0.15, 0.2) is 0 Å². The number of halogens is 1. The summed E-state index contributed by atoms with van der Waals surface area (Å²) >= 11 is 6.45. The van der Waals surface area contributed by atoms with E-state index in [2.05, 4.69) is 27.0 Å². The molecule has 3 aliphatic heterocycles. The van der Waals surface area contributed by atoms with Crippen molar-refractivity contribution in [3.63, 3.8) is 0 Å². The van der Waals surface area contributed by atoms with Crippen LogP contribution in [0.2, 0.25) is 5.02 Å². The highest BCUT2D eigenvalue weighted by atomic mass is 35.5. The van der Waals surface area contributed by atoms with Gasteiger partial charge in [0.1, 0.15) is 12.5 Å². The number of nitrogens with zero attached hydrogens (tertiary/aromatic N) is 2. The topological polar surface area (TPSA) is 68.9 Å². The van der Waals surface area contributed by atoms with Gasteiger partial charge in [-0.3, -0.25) is 20.0 Å². The highest BCUT2D eigenvalue weighted by molar-refractivity contribution is 6.33. The molecular formula is C17H22ClN5O2. The number of hydrogen-bond donors (Lipinski definition) is 3. The third-order valence-electron chi connectivity index (χ3n) is 4.75. The van der Waals surface area contributed by atoms with Crippen LogP contribution in [-0.2, 0) is 9.53 Å². The molecule has 4 rings (SSSR count). The Balaban J connectivity index is 1.55. The summed E-state index contributed by atoms with van der Waals surface area (Å²) in [6.45, 7) is 6.96. The first kappa shape index (κ1) is 16.8. The highest BCUT2D eigenvalue weighted by Gasteiger charge is 2.39. The van der Waals surface area contributed by atoms with E-state index < -0.39 is 0 Å². The third kappa shape index (κ3) is 3.14. The molecule has 2 saturated heterocycles. The summed E-state index contributed by atoms with van der Waals surface area (Å²) in [5.41, 5.74) is 7.02. The lowest BCUT2D eigenvalue weighted by Crippen LogP contribution is -2.68. The van der Waals surface area contributed by atoms with Crippen LogP contribution in [0.3, 0.4) is 0 Å². The molecule has 1 aromatic rings. The fraction of sp³-hybridized carbons (Fsp3) is 0.471. The molecule has 25 heavy (non-hydrogen) atoms. The van der Waals surface area contributed by atoms with Crippen LogP contribution in [-0.4, -0.2) is 49.6 Å². The Bertz CT molecular complexity index is 709. The van der Waals surface area contributed by atoms with E-state index in [0.29, 0.717) is 23.8 Å². The number of carbonyl (C=O) groups excluding carboxylic acids is 1. The van der Waals surface area contributed by atoms with Gasteiger partial charge in [-0.2, -0.15) is 0 Å². The van der Waals surface area contributed by atoms with Crippen molar-refractivity contribution in [2.24, 2.45) is 0 Å². The van der Waals surface area contributed by atoms with Gasteiger partial charge in [0.2, 0.25) is 0 Å². The molecule has 0 saturated carbocycles. The standard InChI is InChI=1S/C17H22ClN5O2/c1-10-7-11(2)14(13(18)8-10)23-9-12-15(21-23)19-17(20-16(12)24)22-3-5-25-6-4-22/h7-9,15,17,19,21H,3-6H2,1-2H3,(H,20,24). The van der Waals surface area contributed by atoms with E-state index in [1.807, 2.05) is 31.1 Å². The van der Waals surface area contributed by atoms with Crippen molar-refractivity contribution in [3.8, 4) is 0 Å². The number of ether oxygens (including phenoxy) is 1. The Kier molecular flexibility index (Phi) is 4.43. The van der Waals surface area contributed by atoms with Gasteiger partial charge in [-0.05, 0) is 31.0 Å². The molecule has 2 fully saturated rings. The number of benzene rings is 1. The summed E-state index contributed by atoms with van der Waals surface area (Å²) < 4.78 is 5.38. The Hall–Kier alpha value is -1.64. The molecule has 0 spiro atoms. The van der Waals surface area contributed by atoms with E-state index in [-0.39, 0.29) is 18.4 Å². The van der Waals surface area contributed by atoms with Gasteiger partial charge in [0, 0.05) is 19.3 Å². The van der Waals surface area contributed by atoms with Crippen molar-refractivity contribution in [3.05, 3.63) is 40.1 Å². The summed E-state index contributed by atoms with van der Waals surface area (Å²) in [7, 11) is 0. The van der Waals surface area contributed by atoms with Crippen LogP contribution < -0.4 is 21.1 Å². The van der Waals surface area contributed by atoms with Crippen molar-refractivity contribution in [1.82, 2.24) is 21.0 Å². The number of fused-ring (bicyclic) bond motifs is 1. The van der Waals surface area contributed by atoms with Crippen molar-refractivity contribution < 1.29 is 9.53 Å². The first-order valence-corrected chi connectivity index (χ1v) is 8.83. The summed E-state index contributed by atoms with van der Waals surface area (Å²) in [5, 5.41) is 8.96. The lowest BCUT2D eigenvalue weighted by molar-refractivity contribution is -0.123. The van der Waals surface area contributed by atoms with E-state index in [1.165, 1.54) is 0 Å². The predicted molar refractivity (Wildman–Crippen MR) is 95.9 cm³/mol. The van der Waals surface area contributed by atoms with E-state index in [1.54, 1.807) is 0 Å². The molecule has 1 aromatic carbocycles. The second-order valence-electron chi connectivity index (χ2n) is 6.62. The van der Waals surface area contributed by atoms with Crippen LogP contribution in [0.4, 0.5) is 5.69 Å². The first-order valence-electron chi connectivity index (χ1n) is 8.45. The van der Waals surface area contributed by atoms with E-state index >= 15 is 0 Å². The number of carbonyl (C=O) groups is 1. The van der Waals surface area contributed by atoms with Crippen molar-refractivity contribution in [2.45, 2.75) is 26.3 Å². The summed E-state index contributed by atoms with van der Waals surface area (Å²) in [4.78, 5) is 14.7. The van der Waals surface area contributed by atoms with E-state index in [0.717, 1.165) is 29.9 Å². The van der Waals surface area contributed by atoms with Gasteiger partial charge in [0.25, 0.3) is 5.91 Å². The number of rotatable bonds is 2. The number of hydrogen-bond acceptors (Lipinski definition) is 6. The fourth-order valence-electron chi connectivity index (χ4n) is 3.56. The van der Waals surface area contributed by atoms with Gasteiger partial charge in [-0.15, -0.1) is 0 Å². The average Bonchev–Trinajstić information content (AvgIpc) is 2.99. The number of hydrazine groups is 1. The van der Waals surface area contributed by atoms with Gasteiger partial charge in [-0.1, -0.05) is 17.7 Å². The van der Waals surface area contributed by atoms with Crippen LogP contribution >= 0.6 is 11.6 Å². The minimum atomic E-state index is -0.252. The smallest absolute Gasteiger partial charge is 0.254 e. The molecule has 0 bridgehead atoms. The molecule has 3 aliphatic rings. The van der Waals surface area contributed by atoms with Gasteiger partial charge >= 0.3 is 0 Å². The molecule has 0 radical (unpaired) electrons. The normalized spacial score (nSPS) is 27.1. The Morgan fingerprint density at radius 1 is 1.24 bits per heavy atom. The minimum absolute atomic E-state index is 0.0730. The summed E-state index contributed by atoms with van der Waals surface area (Å²) in [6.07, 6.45) is 1.35. The molecule has 2 atom stereocenters. The lowest BCUT2D eigenvalue weighted by Gasteiger charge is -2.40. The van der Waals surface area contributed by atoms with Crippen LogP contribution in [0.5, 0.6) is 0 Å². The fourth-order valence-corrected chi connectivity index (χ4v) is 3.97. The van der Waals surface area contributed by atoms with Crippen LogP contribution in [0.1, 0.15) is 11.1 Å². The average molecular weight is 364 g/mol. The Morgan fingerprint density at radius 3 is 2.72 bits per heavy atom. The maximum absolute atomic E-state index is 12.6. The van der Waals surface area contributed by atoms with Crippen molar-refractivity contribution in [1.29, 1.82) is 0 Å². The second-order valence-corrected chi connectivity index (χ2v) is 7.03. The molecule has 8 heteroatoms. The molecule has 3 heterocycles. The number of anilines is 1. The second kappa shape index (κ2) is 6.59. The number of amides is 1. The molecule has 1 amide bonds. The first-order chi connectivity index (χ1) is 12.0. The van der Waals surface area contributed by atoms with Crippen LogP contribution in [0.15, 0.2) is 23.9 Å². The SMILES string of the molecule is Cc1cc(C)c(N2C=C3C(=O)NC(N4CCOCC4)NC3N2)c(Cl)c1. The number of nitrogens with one attached hydrogen (secondary N) is 3. The number of morpholine rings is 1. The zero-order valence-electron chi connectivity index (χ0n) is 14.3. The van der Waals surface area contributed by atoms with E-state index in [9.17, 15) is 4.79 Å². The zero-order chi connectivity index (χ0) is 17.6. The van der Waals surface area contributed by atoms with Gasteiger partial charge < -0.3 is 10.1 Å². The largest absolute Gasteiger partial charge is 0.379 e. The van der Waals surface area contributed by atoms with Crippen molar-refractivity contribution in [2.75, 3.05) is 31.3 Å². The van der Waals surface area contributed by atoms with Crippen LogP contribution in [0, 0.1) is 13.8 Å². The molecule has 0 aromatic heterocycles. The maximum atomic E-state index is 12.6. The van der Waals surface area contributed by atoms with Gasteiger partial charge in [-0.25, -0.2) is 5.43 Å². The minimum Gasteiger partial charge on any atom is -0.379 e. The monoisotopic (exact) mass is 363 g/mol. The Morgan fingerprint density at radius 2 is 2.00 bits per heavy atom. The van der Waals surface area contributed by atoms with Crippen LogP contribution in [0.25, 0.3) is 0 Å². The third-order valence-corrected chi connectivity index (χ3v) is 5.04. The summed E-state index contributed by atoms with van der Waals surface area (Å²) in [6, 6.07) is 4.00. The predicted octanol–water partition coefficient (Wildman–Crippen LogP) is 0.827. The zero-order valence-corrected chi connectivity index (χ0v) is 15.1. The lowest BCUT2D eigenvalue weighted by atomic mass is 10.1. The molecule has 7 nitrogen and oxygen atoms in total. The molecule has 2 unspecified atom stereocenters. The van der Waals surface area contributed by atoms with Crippen molar-refractivity contribution >= 4 is 23.2 Å². The Labute approximate surface area is 151 Å². The summed E-state index contributed by atoms with van der Waals surface area (Å²) in [5.74, 6) is -0.0730. The molecule has 134 valence electrons. The molecule has 0 aliphatic carbocycles. The highest BCUT2D eigenvalue weighted by Crippen LogP contribution is 2.33. The van der Waals surface area contributed by atoms with Gasteiger partial charge in [0.05, 0.1) is 29.5 Å². The van der Waals surface area contributed by atoms with E-state index in [4.69, 9.17) is 16.3 Å². The maximum Gasteiger partial charge on any atom is 0.254 e. The quantitative estimate of drug-likeness (QED) is 0.723.